The maximum Gasteiger partial charge on any atom is 0.140 e. The third-order valence-corrected chi connectivity index (χ3v) is 5.03. The molecule has 0 bridgehead atoms. The van der Waals surface area contributed by atoms with Gasteiger partial charge in [0, 0.05) is 12.3 Å². The van der Waals surface area contributed by atoms with E-state index in [4.69, 9.17) is 0 Å². The average molecular weight is 270 g/mol. The molecule has 1 nitrogen and oxygen atoms in total. The van der Waals surface area contributed by atoms with Crippen LogP contribution in [0, 0.1) is 5.92 Å². The Hall–Kier alpha value is -1.11. The summed E-state index contributed by atoms with van der Waals surface area (Å²) in [5.74, 6) is 1.26. The molecule has 0 N–H and O–H groups in total. The summed E-state index contributed by atoms with van der Waals surface area (Å²) in [5.41, 5.74) is 6.00. The van der Waals surface area contributed by atoms with Gasteiger partial charge in [0.15, 0.2) is 0 Å². The highest BCUT2D eigenvalue weighted by molar-refractivity contribution is 5.94. The number of carbonyl (C=O) groups is 1. The number of carbonyl (C=O) groups excluding carboxylic acids is 1. The minimum Gasteiger partial charge on any atom is -0.299 e. The summed E-state index contributed by atoms with van der Waals surface area (Å²) < 4.78 is 0. The molecule has 0 radical (unpaired) electrons. The van der Waals surface area contributed by atoms with Gasteiger partial charge in [-0.3, -0.25) is 4.79 Å². The molecule has 20 heavy (non-hydrogen) atoms. The first-order valence-electron chi connectivity index (χ1n) is 7.80. The van der Waals surface area contributed by atoms with Crippen LogP contribution in [0.3, 0.4) is 0 Å². The van der Waals surface area contributed by atoms with E-state index in [-0.39, 0.29) is 16.7 Å². The minimum absolute atomic E-state index is 0.116. The van der Waals surface area contributed by atoms with Gasteiger partial charge in [0.05, 0.1) is 0 Å². The molecule has 108 valence electrons. The van der Waals surface area contributed by atoms with Gasteiger partial charge in [-0.15, -0.1) is 0 Å². The largest absolute Gasteiger partial charge is 0.299 e. The number of ketones is 1. The molecule has 0 aromatic heterocycles. The lowest BCUT2D eigenvalue weighted by atomic mass is 9.69. The highest BCUT2D eigenvalue weighted by atomic mass is 16.1. The van der Waals surface area contributed by atoms with Crippen LogP contribution < -0.4 is 0 Å². The second-order valence-electron chi connectivity index (χ2n) is 8.67. The summed E-state index contributed by atoms with van der Waals surface area (Å²) in [6.45, 7) is 13.6. The number of benzene rings is 1. The predicted molar refractivity (Wildman–Crippen MR) is 83.4 cm³/mol. The van der Waals surface area contributed by atoms with Gasteiger partial charge in [0.2, 0.25) is 0 Å². The molecule has 0 aliphatic heterocycles. The third kappa shape index (κ3) is 1.86. The van der Waals surface area contributed by atoms with Crippen LogP contribution in [0.2, 0.25) is 0 Å². The van der Waals surface area contributed by atoms with Crippen molar-refractivity contribution in [2.24, 2.45) is 5.92 Å². The Morgan fingerprint density at radius 2 is 1.45 bits per heavy atom. The van der Waals surface area contributed by atoms with E-state index in [1.165, 1.54) is 22.3 Å². The Morgan fingerprint density at radius 1 is 0.900 bits per heavy atom. The molecule has 2 unspecified atom stereocenters. The monoisotopic (exact) mass is 270 g/mol. The van der Waals surface area contributed by atoms with Gasteiger partial charge < -0.3 is 0 Å². The van der Waals surface area contributed by atoms with Gasteiger partial charge >= 0.3 is 0 Å². The second kappa shape index (κ2) is 3.96. The van der Waals surface area contributed by atoms with Gasteiger partial charge in [0.1, 0.15) is 5.78 Å². The molecule has 0 amide bonds. The first-order chi connectivity index (χ1) is 9.10. The highest BCUT2D eigenvalue weighted by Crippen LogP contribution is 2.53. The van der Waals surface area contributed by atoms with Gasteiger partial charge in [0.25, 0.3) is 0 Å². The first-order valence-corrected chi connectivity index (χ1v) is 7.80. The van der Waals surface area contributed by atoms with Crippen LogP contribution in [-0.4, -0.2) is 5.78 Å². The van der Waals surface area contributed by atoms with Crippen molar-refractivity contribution >= 4 is 5.78 Å². The smallest absolute Gasteiger partial charge is 0.140 e. The molecule has 0 saturated heterocycles. The molecule has 1 aromatic carbocycles. The van der Waals surface area contributed by atoms with Gasteiger partial charge in [-0.1, -0.05) is 53.7 Å². The van der Waals surface area contributed by atoms with Gasteiger partial charge in [-0.25, -0.2) is 0 Å². The molecule has 1 heteroatoms. The highest BCUT2D eigenvalue weighted by Gasteiger charge is 2.49. The van der Waals surface area contributed by atoms with Crippen molar-refractivity contribution in [3.63, 3.8) is 0 Å². The van der Waals surface area contributed by atoms with Crippen LogP contribution >= 0.6 is 0 Å². The molecule has 3 rings (SSSR count). The van der Waals surface area contributed by atoms with Crippen molar-refractivity contribution < 1.29 is 4.79 Å². The summed E-state index contributed by atoms with van der Waals surface area (Å²) >= 11 is 0. The zero-order valence-corrected chi connectivity index (χ0v) is 13.6. The van der Waals surface area contributed by atoms with Crippen molar-refractivity contribution in [3.8, 4) is 0 Å². The Morgan fingerprint density at radius 3 is 1.95 bits per heavy atom. The molecular formula is C19H26O. The summed E-state index contributed by atoms with van der Waals surface area (Å²) in [6, 6.07) is 4.60. The van der Waals surface area contributed by atoms with Crippen LogP contribution in [-0.2, 0) is 22.0 Å². The predicted octanol–water partition coefficient (Wildman–Crippen LogP) is 4.51. The zero-order chi connectivity index (χ0) is 14.9. The van der Waals surface area contributed by atoms with Crippen LogP contribution in [0.4, 0.5) is 0 Å². The lowest BCUT2D eigenvalue weighted by Crippen LogP contribution is -2.33. The van der Waals surface area contributed by atoms with Crippen LogP contribution in [0.15, 0.2) is 12.1 Å². The Labute approximate surface area is 122 Å². The Balaban J connectivity index is 2.25. The molecular weight excluding hydrogens is 244 g/mol. The molecule has 2 aliphatic carbocycles. The lowest BCUT2D eigenvalue weighted by molar-refractivity contribution is -0.128. The van der Waals surface area contributed by atoms with Crippen LogP contribution in [0.5, 0.6) is 0 Å². The Kier molecular flexibility index (Phi) is 2.74. The first kappa shape index (κ1) is 13.9. The number of Topliss-reactive ketones (excluding diaryl/α,β-unsaturated/α-hetero) is 1. The van der Waals surface area contributed by atoms with E-state index in [0.717, 1.165) is 12.8 Å². The van der Waals surface area contributed by atoms with Crippen molar-refractivity contribution in [2.45, 2.75) is 71.1 Å². The van der Waals surface area contributed by atoms with E-state index in [9.17, 15) is 4.79 Å². The molecule has 1 aromatic rings. The standard InChI is InChI=1S/C19H26O/c1-18(2,3)13-7-8-14(19(4,5)6)17-12(13)9-11-10-15(20)16(11)17/h7-8,11,16H,9-10H2,1-6H3. The second-order valence-corrected chi connectivity index (χ2v) is 8.67. The van der Waals surface area contributed by atoms with Gasteiger partial charge in [-0.2, -0.15) is 0 Å². The van der Waals surface area contributed by atoms with E-state index >= 15 is 0 Å². The fourth-order valence-electron chi connectivity index (χ4n) is 4.05. The topological polar surface area (TPSA) is 17.1 Å². The molecule has 1 fully saturated rings. The summed E-state index contributed by atoms with van der Waals surface area (Å²) in [5, 5.41) is 0. The van der Waals surface area contributed by atoms with E-state index in [2.05, 4.69) is 53.7 Å². The molecule has 2 atom stereocenters. The molecule has 1 saturated carbocycles. The average Bonchev–Trinajstić information content (AvgIpc) is 2.56. The third-order valence-electron chi connectivity index (χ3n) is 5.03. The van der Waals surface area contributed by atoms with Gasteiger partial charge in [-0.05, 0) is 45.4 Å². The summed E-state index contributed by atoms with van der Waals surface area (Å²) in [4.78, 5) is 12.1. The van der Waals surface area contributed by atoms with Crippen molar-refractivity contribution in [1.82, 2.24) is 0 Å². The minimum atomic E-state index is 0.116. The summed E-state index contributed by atoms with van der Waals surface area (Å²) in [6.07, 6.45) is 1.91. The maximum absolute atomic E-state index is 12.1. The van der Waals surface area contributed by atoms with E-state index in [1.807, 2.05) is 0 Å². The van der Waals surface area contributed by atoms with E-state index < -0.39 is 0 Å². The van der Waals surface area contributed by atoms with E-state index in [0.29, 0.717) is 11.7 Å². The SMILES string of the molecule is CC(C)(C)c1ccc(C(C)(C)C)c2c1CC1CC(=O)C21. The molecule has 2 aliphatic rings. The fraction of sp³-hybridized carbons (Fsp3) is 0.632. The van der Waals surface area contributed by atoms with E-state index in [1.54, 1.807) is 0 Å². The van der Waals surface area contributed by atoms with Crippen LogP contribution in [0.25, 0.3) is 0 Å². The van der Waals surface area contributed by atoms with Crippen LogP contribution in [0.1, 0.15) is 76.1 Å². The quantitative estimate of drug-likeness (QED) is 0.678. The summed E-state index contributed by atoms with van der Waals surface area (Å²) in [7, 11) is 0. The maximum atomic E-state index is 12.1. The van der Waals surface area contributed by atoms with Crippen molar-refractivity contribution in [3.05, 3.63) is 34.4 Å². The number of hydrogen-bond donors (Lipinski definition) is 0. The normalized spacial score (nSPS) is 25.2. The Bertz CT molecular complexity index is 581. The van der Waals surface area contributed by atoms with Crippen molar-refractivity contribution in [1.29, 1.82) is 0 Å². The fourth-order valence-corrected chi connectivity index (χ4v) is 4.05. The van der Waals surface area contributed by atoms with Crippen molar-refractivity contribution in [2.75, 3.05) is 0 Å². The zero-order valence-electron chi connectivity index (χ0n) is 13.6. The molecule has 0 spiro atoms. The lowest BCUT2D eigenvalue weighted by Gasteiger charge is -2.33. The molecule has 0 heterocycles. The number of rotatable bonds is 0. The number of hydrogen-bond acceptors (Lipinski definition) is 1. The number of fused-ring (bicyclic) bond motifs is 3.